The van der Waals surface area contributed by atoms with E-state index in [0.29, 0.717) is 18.7 Å². The molecule has 0 radical (unpaired) electrons. The van der Waals surface area contributed by atoms with Crippen molar-refractivity contribution in [3.05, 3.63) is 11.3 Å². The highest BCUT2D eigenvalue weighted by Crippen LogP contribution is 2.01. The largest absolute Gasteiger partial charge is 0.462 e. The second kappa shape index (κ2) is 5.35. The fraction of sp³-hybridized carbons (Fsp3) is 0.500. The first-order valence-corrected chi connectivity index (χ1v) is 3.88. The lowest BCUT2D eigenvalue weighted by Gasteiger charge is -2.02. The molecule has 68 valence electrons. The minimum absolute atomic E-state index is 0.263. The van der Waals surface area contributed by atoms with Crippen molar-refractivity contribution in [2.45, 2.75) is 20.3 Å². The molecule has 0 unspecified atom stereocenters. The highest BCUT2D eigenvalue weighted by molar-refractivity contribution is 6.08. The molecule has 4 nitrogen and oxygen atoms in total. The first kappa shape index (κ1) is 10.7. The second-order valence-electron chi connectivity index (χ2n) is 2.18. The summed E-state index contributed by atoms with van der Waals surface area (Å²) < 4.78 is 4.73. The lowest BCUT2D eigenvalue weighted by atomic mass is 10.2. The van der Waals surface area contributed by atoms with Crippen molar-refractivity contribution in [2.75, 3.05) is 6.61 Å². The van der Waals surface area contributed by atoms with E-state index in [9.17, 15) is 4.79 Å². The maximum atomic E-state index is 11.1. The Hall–Kier alpha value is -1.32. The first-order chi connectivity index (χ1) is 5.67. The van der Waals surface area contributed by atoms with Crippen LogP contribution in [-0.2, 0) is 9.53 Å². The van der Waals surface area contributed by atoms with Crippen LogP contribution >= 0.6 is 0 Å². The zero-order chi connectivity index (χ0) is 9.56. The van der Waals surface area contributed by atoms with E-state index in [1.54, 1.807) is 6.92 Å². The Morgan fingerprint density at radius 1 is 1.58 bits per heavy atom. The van der Waals surface area contributed by atoms with Gasteiger partial charge in [-0.1, -0.05) is 6.92 Å². The number of esters is 1. The molecule has 0 bridgehead atoms. The second-order valence-corrected chi connectivity index (χ2v) is 2.18. The Balaban J connectivity index is 4.55. The summed E-state index contributed by atoms with van der Waals surface area (Å²) >= 11 is 0. The number of allylic oxidation sites excluding steroid dienone is 1. The van der Waals surface area contributed by atoms with E-state index in [4.69, 9.17) is 15.9 Å². The highest BCUT2D eigenvalue weighted by atomic mass is 16.5. The van der Waals surface area contributed by atoms with Crippen LogP contribution in [-0.4, -0.2) is 18.8 Å². The smallest absolute Gasteiger partial charge is 0.345 e. The van der Waals surface area contributed by atoms with Gasteiger partial charge in [-0.25, -0.2) is 4.79 Å². The van der Waals surface area contributed by atoms with Crippen molar-refractivity contribution in [3.8, 4) is 0 Å². The third kappa shape index (κ3) is 2.74. The monoisotopic (exact) mass is 171 g/mol. The number of hydrogen-bond donors (Lipinski definition) is 2. The van der Waals surface area contributed by atoms with Crippen LogP contribution in [0.2, 0.25) is 0 Å². The molecule has 0 atom stereocenters. The molecule has 0 saturated carbocycles. The average molecular weight is 171 g/mol. The van der Waals surface area contributed by atoms with Gasteiger partial charge in [-0.2, -0.15) is 0 Å². The molecule has 0 spiro atoms. The minimum Gasteiger partial charge on any atom is -0.462 e. The average Bonchev–Trinajstić information content (AvgIpc) is 2.06. The van der Waals surface area contributed by atoms with Crippen molar-refractivity contribution in [1.82, 2.24) is 0 Å². The van der Waals surface area contributed by atoms with Gasteiger partial charge in [0.05, 0.1) is 6.61 Å². The summed E-state index contributed by atoms with van der Waals surface area (Å²) in [6.45, 7) is 3.90. The first-order valence-electron chi connectivity index (χ1n) is 3.88. The molecule has 0 rings (SSSR count). The standard InChI is InChI=1S/C8H14N2O2/c1-3-7(10)6(5-9)8(11)12-4-2/h5,9H,3-4,10H2,1-2H3/p+1/b7-6+,9-5?. The molecular formula is C8H15N2O2+. The molecule has 0 aliphatic heterocycles. The van der Waals surface area contributed by atoms with E-state index in [0.717, 1.165) is 0 Å². The maximum absolute atomic E-state index is 11.1. The molecule has 0 heterocycles. The number of carbonyl (C=O) groups is 1. The van der Waals surface area contributed by atoms with E-state index >= 15 is 0 Å². The quantitative estimate of drug-likeness (QED) is 0.323. The molecule has 0 amide bonds. The van der Waals surface area contributed by atoms with E-state index in [-0.39, 0.29) is 5.57 Å². The summed E-state index contributed by atoms with van der Waals surface area (Å²) in [5, 5.41) is 5.22. The Bertz CT molecular complexity index is 209. The Kier molecular flexibility index (Phi) is 4.76. The van der Waals surface area contributed by atoms with Gasteiger partial charge in [0, 0.05) is 5.70 Å². The molecule has 4 N–H and O–H groups in total. The van der Waals surface area contributed by atoms with Crippen LogP contribution in [0.5, 0.6) is 0 Å². The fourth-order valence-corrected chi connectivity index (χ4v) is 0.705. The van der Waals surface area contributed by atoms with Crippen LogP contribution in [0.3, 0.4) is 0 Å². The zero-order valence-electron chi connectivity index (χ0n) is 7.46. The van der Waals surface area contributed by atoms with E-state index in [2.05, 4.69) is 0 Å². The van der Waals surface area contributed by atoms with Gasteiger partial charge in [0.15, 0.2) is 6.21 Å². The summed E-state index contributed by atoms with van der Waals surface area (Å²) in [5.41, 5.74) is 6.24. The summed E-state index contributed by atoms with van der Waals surface area (Å²) in [5.74, 6) is -0.459. The van der Waals surface area contributed by atoms with E-state index < -0.39 is 5.97 Å². The SMILES string of the molecule is CCOC(=O)/C(C=[NH2+])=C(/N)CC. The molecule has 0 aliphatic carbocycles. The van der Waals surface area contributed by atoms with Gasteiger partial charge in [0.2, 0.25) is 0 Å². The van der Waals surface area contributed by atoms with E-state index in [1.165, 1.54) is 6.21 Å². The van der Waals surface area contributed by atoms with Crippen LogP contribution in [0, 0.1) is 0 Å². The van der Waals surface area contributed by atoms with Crippen molar-refractivity contribution in [2.24, 2.45) is 5.73 Å². The fourth-order valence-electron chi connectivity index (χ4n) is 0.705. The summed E-state index contributed by atoms with van der Waals surface area (Å²) in [6.07, 6.45) is 1.76. The minimum atomic E-state index is -0.459. The zero-order valence-corrected chi connectivity index (χ0v) is 7.46. The molecule has 0 saturated heterocycles. The molecule has 0 fully saturated rings. The number of hydrogen-bond acceptors (Lipinski definition) is 3. The number of rotatable bonds is 4. The molecule has 0 aromatic carbocycles. The topological polar surface area (TPSA) is 77.9 Å². The van der Waals surface area contributed by atoms with Gasteiger partial charge in [-0.3, -0.25) is 5.41 Å². The third-order valence-corrected chi connectivity index (χ3v) is 1.39. The Morgan fingerprint density at radius 2 is 2.17 bits per heavy atom. The van der Waals surface area contributed by atoms with Gasteiger partial charge in [0.1, 0.15) is 5.57 Å². The van der Waals surface area contributed by atoms with Gasteiger partial charge in [0.25, 0.3) is 0 Å². The molecule has 12 heavy (non-hydrogen) atoms. The van der Waals surface area contributed by atoms with Crippen molar-refractivity contribution in [3.63, 3.8) is 0 Å². The predicted octanol–water partition coefficient (Wildman–Crippen LogP) is -0.998. The number of carbonyl (C=O) groups excluding carboxylic acids is 1. The third-order valence-electron chi connectivity index (χ3n) is 1.39. The van der Waals surface area contributed by atoms with Crippen molar-refractivity contribution < 1.29 is 14.9 Å². The van der Waals surface area contributed by atoms with Crippen LogP contribution in [0.4, 0.5) is 0 Å². The molecule has 0 aliphatic rings. The van der Waals surface area contributed by atoms with Crippen molar-refractivity contribution >= 4 is 12.2 Å². The van der Waals surface area contributed by atoms with Gasteiger partial charge in [-0.15, -0.1) is 0 Å². The number of ether oxygens (including phenoxy) is 1. The molecule has 4 heteroatoms. The van der Waals surface area contributed by atoms with Crippen LogP contribution < -0.4 is 11.1 Å². The Morgan fingerprint density at radius 3 is 2.50 bits per heavy atom. The van der Waals surface area contributed by atoms with Crippen LogP contribution in [0.25, 0.3) is 0 Å². The lowest BCUT2D eigenvalue weighted by Crippen LogP contribution is -2.34. The van der Waals surface area contributed by atoms with E-state index in [1.807, 2.05) is 6.92 Å². The summed E-state index contributed by atoms with van der Waals surface area (Å²) in [6, 6.07) is 0. The van der Waals surface area contributed by atoms with Gasteiger partial charge < -0.3 is 10.5 Å². The van der Waals surface area contributed by atoms with Crippen molar-refractivity contribution in [1.29, 1.82) is 0 Å². The summed E-state index contributed by atoms with van der Waals surface area (Å²) in [4.78, 5) is 11.1. The molecule has 0 aromatic rings. The molecular weight excluding hydrogens is 156 g/mol. The number of nitrogens with two attached hydrogens (primary N) is 2. The van der Waals surface area contributed by atoms with Gasteiger partial charge >= 0.3 is 5.97 Å². The van der Waals surface area contributed by atoms with Gasteiger partial charge in [-0.05, 0) is 13.3 Å². The molecule has 0 aromatic heterocycles. The Labute approximate surface area is 71.9 Å². The van der Waals surface area contributed by atoms with Crippen LogP contribution in [0.15, 0.2) is 11.3 Å². The lowest BCUT2D eigenvalue weighted by molar-refractivity contribution is -0.139. The predicted molar refractivity (Wildman–Crippen MR) is 46.1 cm³/mol. The summed E-state index contributed by atoms with van der Waals surface area (Å²) in [7, 11) is 0. The highest BCUT2D eigenvalue weighted by Gasteiger charge is 2.13. The normalized spacial score (nSPS) is 11.8. The van der Waals surface area contributed by atoms with Crippen LogP contribution in [0.1, 0.15) is 20.3 Å². The maximum Gasteiger partial charge on any atom is 0.345 e.